The molecule has 0 spiro atoms. The lowest BCUT2D eigenvalue weighted by molar-refractivity contribution is 0.0955. The third kappa shape index (κ3) is 3.35. The normalized spacial score (nSPS) is 11.0. The Hall–Kier alpha value is -3.21. The average Bonchev–Trinajstić information content (AvgIpc) is 2.56. The van der Waals surface area contributed by atoms with Crippen molar-refractivity contribution in [1.29, 1.82) is 0 Å². The number of fused-ring (bicyclic) bond motifs is 1. The lowest BCUT2D eigenvalue weighted by Crippen LogP contribution is -2.19. The van der Waals surface area contributed by atoms with E-state index in [0.717, 1.165) is 16.5 Å². The second-order valence-electron chi connectivity index (χ2n) is 5.21. The Labute approximate surface area is 132 Å². The Kier molecular flexibility index (Phi) is 4.01. The number of aryl methyl sites for hydroxylation is 1. The number of para-hydroxylation sites is 1. The molecule has 5 nitrogen and oxygen atoms in total. The summed E-state index contributed by atoms with van der Waals surface area (Å²) in [6, 6.07) is 16.4. The summed E-state index contributed by atoms with van der Waals surface area (Å²) in [5.41, 5.74) is 4.90. The zero-order chi connectivity index (χ0) is 16.2. The van der Waals surface area contributed by atoms with E-state index in [1.807, 2.05) is 43.3 Å². The van der Waals surface area contributed by atoms with E-state index >= 15 is 0 Å². The van der Waals surface area contributed by atoms with Crippen LogP contribution in [0.2, 0.25) is 0 Å². The molecule has 1 amide bonds. The smallest absolute Gasteiger partial charge is 0.271 e. The lowest BCUT2D eigenvalue weighted by Gasteiger charge is -2.01. The Morgan fingerprint density at radius 2 is 1.87 bits per heavy atom. The van der Waals surface area contributed by atoms with Gasteiger partial charge >= 0.3 is 0 Å². The van der Waals surface area contributed by atoms with E-state index < -0.39 is 0 Å². The van der Waals surface area contributed by atoms with E-state index in [1.54, 1.807) is 18.2 Å². The van der Waals surface area contributed by atoms with Crippen molar-refractivity contribution < 1.29 is 4.79 Å². The molecule has 0 saturated carbocycles. The number of pyridine rings is 1. The van der Waals surface area contributed by atoms with E-state index in [0.29, 0.717) is 11.1 Å². The van der Waals surface area contributed by atoms with Gasteiger partial charge in [0.1, 0.15) is 0 Å². The molecule has 0 aliphatic rings. The van der Waals surface area contributed by atoms with Crippen molar-refractivity contribution in [2.75, 3.05) is 0 Å². The zero-order valence-corrected chi connectivity index (χ0v) is 12.5. The number of benzene rings is 2. The predicted molar refractivity (Wildman–Crippen MR) is 90.8 cm³/mol. The van der Waals surface area contributed by atoms with Gasteiger partial charge in [0.05, 0.1) is 11.8 Å². The molecule has 0 bridgehead atoms. The number of carbonyl (C=O) groups is 1. The molecule has 5 heteroatoms. The average molecular weight is 305 g/mol. The molecule has 0 aliphatic carbocycles. The Balaban J connectivity index is 1.77. The molecule has 1 aromatic heterocycles. The monoisotopic (exact) mass is 305 g/mol. The first-order valence-electron chi connectivity index (χ1n) is 7.15. The van der Waals surface area contributed by atoms with Crippen LogP contribution in [0.25, 0.3) is 10.9 Å². The van der Waals surface area contributed by atoms with Gasteiger partial charge in [-0.1, -0.05) is 35.9 Å². The molecule has 23 heavy (non-hydrogen) atoms. The number of hydrazone groups is 1. The highest BCUT2D eigenvalue weighted by Gasteiger charge is 2.03. The Morgan fingerprint density at radius 3 is 2.65 bits per heavy atom. The van der Waals surface area contributed by atoms with Crippen LogP contribution in [0.1, 0.15) is 21.5 Å². The summed E-state index contributed by atoms with van der Waals surface area (Å²) >= 11 is 0. The Bertz CT molecular complexity index is 940. The summed E-state index contributed by atoms with van der Waals surface area (Å²) in [4.78, 5) is 26.7. The lowest BCUT2D eigenvalue weighted by atomic mass is 10.1. The quantitative estimate of drug-likeness (QED) is 0.576. The molecule has 0 aliphatic heterocycles. The van der Waals surface area contributed by atoms with E-state index in [-0.39, 0.29) is 11.5 Å². The molecule has 0 atom stereocenters. The van der Waals surface area contributed by atoms with Crippen LogP contribution < -0.4 is 11.0 Å². The first kappa shape index (κ1) is 14.7. The third-order valence-electron chi connectivity index (χ3n) is 3.47. The molecular weight excluding hydrogens is 290 g/mol. The Morgan fingerprint density at radius 1 is 1.13 bits per heavy atom. The predicted octanol–water partition coefficient (Wildman–Crippen LogP) is 2.60. The highest BCUT2D eigenvalue weighted by molar-refractivity contribution is 5.95. The standard InChI is InChI=1S/C18H15N3O2/c1-12-6-8-13(9-7-12)18(23)21-19-11-15-10-14-4-2-3-5-16(14)20-17(15)22/h2-11H,1H3,(H,20,22)(H,21,23). The number of hydrogen-bond donors (Lipinski definition) is 2. The van der Waals surface area contributed by atoms with Crippen molar-refractivity contribution in [2.24, 2.45) is 5.10 Å². The van der Waals surface area contributed by atoms with Gasteiger partial charge in [0.2, 0.25) is 0 Å². The van der Waals surface area contributed by atoms with Gasteiger partial charge in [-0.15, -0.1) is 0 Å². The maximum Gasteiger partial charge on any atom is 0.271 e. The summed E-state index contributed by atoms with van der Waals surface area (Å²) in [5, 5.41) is 4.76. The number of rotatable bonds is 3. The molecule has 0 radical (unpaired) electrons. The summed E-state index contributed by atoms with van der Waals surface area (Å²) in [6.45, 7) is 1.95. The highest BCUT2D eigenvalue weighted by Crippen LogP contribution is 2.09. The molecular formula is C18H15N3O2. The molecule has 0 saturated heterocycles. The minimum atomic E-state index is -0.321. The van der Waals surface area contributed by atoms with Gasteiger partial charge in [-0.2, -0.15) is 5.10 Å². The molecule has 0 unspecified atom stereocenters. The van der Waals surface area contributed by atoms with Gasteiger partial charge in [0.15, 0.2) is 0 Å². The number of hydrogen-bond acceptors (Lipinski definition) is 3. The molecule has 2 N–H and O–H groups in total. The van der Waals surface area contributed by atoms with Gasteiger partial charge in [0.25, 0.3) is 11.5 Å². The maximum absolute atomic E-state index is 12.0. The van der Waals surface area contributed by atoms with Crippen molar-refractivity contribution in [1.82, 2.24) is 10.4 Å². The van der Waals surface area contributed by atoms with E-state index in [9.17, 15) is 9.59 Å². The van der Waals surface area contributed by atoms with Gasteiger partial charge in [0, 0.05) is 11.1 Å². The van der Waals surface area contributed by atoms with Crippen molar-refractivity contribution in [3.63, 3.8) is 0 Å². The fraction of sp³-hybridized carbons (Fsp3) is 0.0556. The number of nitrogens with one attached hydrogen (secondary N) is 2. The summed E-state index contributed by atoms with van der Waals surface area (Å²) in [6.07, 6.45) is 1.34. The fourth-order valence-electron chi connectivity index (χ4n) is 2.19. The van der Waals surface area contributed by atoms with Crippen LogP contribution in [-0.4, -0.2) is 17.1 Å². The maximum atomic E-state index is 12.0. The second kappa shape index (κ2) is 6.27. The second-order valence-corrected chi connectivity index (χ2v) is 5.21. The molecule has 3 aromatic rings. The summed E-state index contributed by atoms with van der Waals surface area (Å²) < 4.78 is 0. The molecule has 1 heterocycles. The number of carbonyl (C=O) groups excluding carboxylic acids is 1. The van der Waals surface area contributed by atoms with Crippen molar-refractivity contribution in [2.45, 2.75) is 6.92 Å². The number of nitrogens with zero attached hydrogens (tertiary/aromatic N) is 1. The largest absolute Gasteiger partial charge is 0.321 e. The number of aromatic nitrogens is 1. The number of H-pyrrole nitrogens is 1. The van der Waals surface area contributed by atoms with Gasteiger partial charge < -0.3 is 4.98 Å². The van der Waals surface area contributed by atoms with Gasteiger partial charge in [-0.3, -0.25) is 9.59 Å². The topological polar surface area (TPSA) is 74.3 Å². The van der Waals surface area contributed by atoms with E-state index in [2.05, 4.69) is 15.5 Å². The van der Waals surface area contributed by atoms with E-state index in [4.69, 9.17) is 0 Å². The van der Waals surface area contributed by atoms with Crippen LogP contribution in [0.5, 0.6) is 0 Å². The minimum absolute atomic E-state index is 0.253. The summed E-state index contributed by atoms with van der Waals surface area (Å²) in [5.74, 6) is -0.321. The molecule has 0 fully saturated rings. The molecule has 3 rings (SSSR count). The van der Waals surface area contributed by atoms with Crippen LogP contribution in [-0.2, 0) is 0 Å². The van der Waals surface area contributed by atoms with Crippen LogP contribution in [0.3, 0.4) is 0 Å². The molecule has 2 aromatic carbocycles. The van der Waals surface area contributed by atoms with E-state index in [1.165, 1.54) is 6.21 Å². The summed E-state index contributed by atoms with van der Waals surface area (Å²) in [7, 11) is 0. The SMILES string of the molecule is Cc1ccc(C(=O)NN=Cc2cc3ccccc3[nH]c2=O)cc1. The van der Waals surface area contributed by atoms with Crippen molar-refractivity contribution in [3.8, 4) is 0 Å². The van der Waals surface area contributed by atoms with Crippen LogP contribution in [0, 0.1) is 6.92 Å². The van der Waals surface area contributed by atoms with Gasteiger partial charge in [-0.05, 0) is 36.6 Å². The fourth-order valence-corrected chi connectivity index (χ4v) is 2.19. The van der Waals surface area contributed by atoms with Crippen LogP contribution in [0.15, 0.2) is 64.5 Å². The number of amides is 1. The van der Waals surface area contributed by atoms with Crippen molar-refractivity contribution in [3.05, 3.63) is 81.6 Å². The first-order chi connectivity index (χ1) is 11.1. The first-order valence-corrected chi connectivity index (χ1v) is 7.15. The molecule has 114 valence electrons. The number of aromatic amines is 1. The van der Waals surface area contributed by atoms with Crippen LogP contribution in [0.4, 0.5) is 0 Å². The van der Waals surface area contributed by atoms with Gasteiger partial charge in [-0.25, -0.2) is 5.43 Å². The minimum Gasteiger partial charge on any atom is -0.321 e. The highest BCUT2D eigenvalue weighted by atomic mass is 16.2. The van der Waals surface area contributed by atoms with Crippen molar-refractivity contribution >= 4 is 23.0 Å². The van der Waals surface area contributed by atoms with Crippen LogP contribution >= 0.6 is 0 Å². The third-order valence-corrected chi connectivity index (χ3v) is 3.47. The zero-order valence-electron chi connectivity index (χ0n) is 12.5.